The van der Waals surface area contributed by atoms with Crippen LogP contribution in [-0.2, 0) is 4.79 Å². The van der Waals surface area contributed by atoms with E-state index in [4.69, 9.17) is 16.3 Å². The first-order valence-corrected chi connectivity index (χ1v) is 7.36. The predicted octanol–water partition coefficient (Wildman–Crippen LogP) is 3.20. The second-order valence-electron chi connectivity index (χ2n) is 4.83. The van der Waals surface area contributed by atoms with E-state index < -0.39 is 0 Å². The Morgan fingerprint density at radius 1 is 1.22 bits per heavy atom. The van der Waals surface area contributed by atoms with Gasteiger partial charge in [0.25, 0.3) is 0 Å². The van der Waals surface area contributed by atoms with Crippen molar-refractivity contribution in [3.63, 3.8) is 0 Å². The molecule has 0 fully saturated rings. The standard InChI is InChI=1S/C17H19ClN2O2.ClH/c1-19-11-16(21)20-17(14-8-3-4-9-15(14)18)12-6-5-7-13(10-12)22-2;/h3-10,17,19H,11H2,1-2H3,(H,20,21);1H. The minimum atomic E-state index is -0.329. The van der Waals surface area contributed by atoms with Gasteiger partial charge in [-0.15, -0.1) is 12.4 Å². The summed E-state index contributed by atoms with van der Waals surface area (Å²) < 4.78 is 5.27. The van der Waals surface area contributed by atoms with Crippen molar-refractivity contribution in [1.29, 1.82) is 0 Å². The van der Waals surface area contributed by atoms with E-state index in [1.807, 2.05) is 48.5 Å². The minimum absolute atomic E-state index is 0. The van der Waals surface area contributed by atoms with E-state index in [9.17, 15) is 4.79 Å². The van der Waals surface area contributed by atoms with Gasteiger partial charge in [0, 0.05) is 5.02 Å². The molecule has 0 radical (unpaired) electrons. The highest BCUT2D eigenvalue weighted by molar-refractivity contribution is 6.31. The van der Waals surface area contributed by atoms with E-state index in [1.165, 1.54) is 0 Å². The molecule has 6 heteroatoms. The maximum absolute atomic E-state index is 12.0. The fourth-order valence-corrected chi connectivity index (χ4v) is 2.49. The minimum Gasteiger partial charge on any atom is -0.497 e. The van der Waals surface area contributed by atoms with Crippen molar-refractivity contribution >= 4 is 29.9 Å². The Morgan fingerprint density at radius 3 is 2.61 bits per heavy atom. The van der Waals surface area contributed by atoms with Gasteiger partial charge in [-0.25, -0.2) is 0 Å². The number of likely N-dealkylation sites (N-methyl/N-ethyl adjacent to an activating group) is 1. The monoisotopic (exact) mass is 354 g/mol. The summed E-state index contributed by atoms with van der Waals surface area (Å²) in [6.07, 6.45) is 0. The molecule has 2 aromatic rings. The van der Waals surface area contributed by atoms with Crippen LogP contribution in [0.3, 0.4) is 0 Å². The Balaban J connectivity index is 0.00000264. The van der Waals surface area contributed by atoms with Crippen LogP contribution in [0.2, 0.25) is 5.02 Å². The highest BCUT2D eigenvalue weighted by atomic mass is 35.5. The zero-order valence-corrected chi connectivity index (χ0v) is 14.6. The zero-order chi connectivity index (χ0) is 15.9. The topological polar surface area (TPSA) is 50.4 Å². The van der Waals surface area contributed by atoms with Crippen LogP contribution in [0.15, 0.2) is 48.5 Å². The number of nitrogens with one attached hydrogen (secondary N) is 2. The molecule has 0 aliphatic carbocycles. The molecule has 0 aliphatic heterocycles. The lowest BCUT2D eigenvalue weighted by Gasteiger charge is -2.21. The normalized spacial score (nSPS) is 11.3. The number of amides is 1. The molecule has 4 nitrogen and oxygen atoms in total. The number of methoxy groups -OCH3 is 1. The largest absolute Gasteiger partial charge is 0.497 e. The molecule has 0 spiro atoms. The number of rotatable bonds is 6. The van der Waals surface area contributed by atoms with E-state index in [1.54, 1.807) is 14.2 Å². The SMILES string of the molecule is CNCC(=O)NC(c1cccc(OC)c1)c1ccccc1Cl.Cl. The number of hydrogen-bond acceptors (Lipinski definition) is 3. The van der Waals surface area contributed by atoms with Gasteiger partial charge in [-0.2, -0.15) is 0 Å². The smallest absolute Gasteiger partial charge is 0.234 e. The molecule has 2 aromatic carbocycles. The highest BCUT2D eigenvalue weighted by Crippen LogP contribution is 2.29. The van der Waals surface area contributed by atoms with Gasteiger partial charge >= 0.3 is 0 Å². The van der Waals surface area contributed by atoms with Crippen LogP contribution in [0.25, 0.3) is 0 Å². The van der Waals surface area contributed by atoms with Gasteiger partial charge in [-0.05, 0) is 36.4 Å². The summed E-state index contributed by atoms with van der Waals surface area (Å²) in [6, 6.07) is 14.8. The fraction of sp³-hybridized carbons (Fsp3) is 0.235. The molecule has 2 rings (SSSR count). The van der Waals surface area contributed by atoms with Crippen LogP contribution in [0, 0.1) is 0 Å². The van der Waals surface area contributed by atoms with Crippen LogP contribution < -0.4 is 15.4 Å². The lowest BCUT2D eigenvalue weighted by atomic mass is 9.98. The molecule has 0 aliphatic rings. The fourth-order valence-electron chi connectivity index (χ4n) is 2.24. The summed E-state index contributed by atoms with van der Waals surface area (Å²) in [5.74, 6) is 0.632. The molecular weight excluding hydrogens is 335 g/mol. The average Bonchev–Trinajstić information content (AvgIpc) is 2.54. The van der Waals surface area contributed by atoms with Crippen LogP contribution in [-0.4, -0.2) is 26.6 Å². The lowest BCUT2D eigenvalue weighted by molar-refractivity contribution is -0.120. The molecule has 0 bridgehead atoms. The third-order valence-corrected chi connectivity index (χ3v) is 3.63. The Morgan fingerprint density at radius 2 is 1.96 bits per heavy atom. The Bertz CT molecular complexity index is 650. The van der Waals surface area contributed by atoms with Crippen molar-refractivity contribution in [3.8, 4) is 5.75 Å². The van der Waals surface area contributed by atoms with Crippen molar-refractivity contribution in [3.05, 3.63) is 64.7 Å². The Labute approximate surface area is 147 Å². The van der Waals surface area contributed by atoms with Crippen molar-refractivity contribution in [2.75, 3.05) is 20.7 Å². The molecule has 124 valence electrons. The predicted molar refractivity (Wildman–Crippen MR) is 95.6 cm³/mol. The maximum Gasteiger partial charge on any atom is 0.234 e. The number of halogens is 2. The zero-order valence-electron chi connectivity index (χ0n) is 13.0. The van der Waals surface area contributed by atoms with Gasteiger partial charge in [0.1, 0.15) is 5.75 Å². The molecule has 0 saturated carbocycles. The molecular formula is C17H20Cl2N2O2. The summed E-state index contributed by atoms with van der Waals surface area (Å²) in [5, 5.41) is 6.46. The molecule has 1 atom stereocenters. The van der Waals surface area contributed by atoms with Crippen molar-refractivity contribution in [2.45, 2.75) is 6.04 Å². The third-order valence-electron chi connectivity index (χ3n) is 3.29. The van der Waals surface area contributed by atoms with E-state index in [0.717, 1.165) is 16.9 Å². The number of hydrogen-bond donors (Lipinski definition) is 2. The van der Waals surface area contributed by atoms with E-state index in [0.29, 0.717) is 5.02 Å². The summed E-state index contributed by atoms with van der Waals surface area (Å²) in [4.78, 5) is 12.0. The maximum atomic E-state index is 12.0. The third kappa shape index (κ3) is 5.13. The lowest BCUT2D eigenvalue weighted by Crippen LogP contribution is -2.35. The highest BCUT2D eigenvalue weighted by Gasteiger charge is 2.19. The van der Waals surface area contributed by atoms with Gasteiger partial charge < -0.3 is 15.4 Å². The quantitative estimate of drug-likeness (QED) is 0.837. The number of benzene rings is 2. The Kier molecular flexibility index (Phi) is 7.89. The van der Waals surface area contributed by atoms with Gasteiger partial charge in [0.05, 0.1) is 19.7 Å². The van der Waals surface area contributed by atoms with Crippen LogP contribution in [0.5, 0.6) is 5.75 Å². The number of carbonyl (C=O) groups excluding carboxylic acids is 1. The molecule has 0 aromatic heterocycles. The molecule has 0 saturated heterocycles. The first-order valence-electron chi connectivity index (χ1n) is 6.98. The number of carbonyl (C=O) groups is 1. The average molecular weight is 355 g/mol. The van der Waals surface area contributed by atoms with Crippen LogP contribution in [0.1, 0.15) is 17.2 Å². The van der Waals surface area contributed by atoms with E-state index in [-0.39, 0.29) is 30.9 Å². The second kappa shape index (κ2) is 9.40. The molecule has 1 amide bonds. The second-order valence-corrected chi connectivity index (χ2v) is 5.24. The van der Waals surface area contributed by atoms with E-state index >= 15 is 0 Å². The number of ether oxygens (including phenoxy) is 1. The van der Waals surface area contributed by atoms with Crippen molar-refractivity contribution in [2.24, 2.45) is 0 Å². The van der Waals surface area contributed by atoms with Gasteiger partial charge in [0.15, 0.2) is 0 Å². The van der Waals surface area contributed by atoms with Gasteiger partial charge in [-0.3, -0.25) is 4.79 Å². The molecule has 2 N–H and O–H groups in total. The summed E-state index contributed by atoms with van der Waals surface area (Å²) >= 11 is 6.30. The summed E-state index contributed by atoms with van der Waals surface area (Å²) in [5.41, 5.74) is 1.76. The van der Waals surface area contributed by atoms with Gasteiger partial charge in [0.2, 0.25) is 5.91 Å². The first-order chi connectivity index (χ1) is 10.7. The molecule has 0 heterocycles. The van der Waals surface area contributed by atoms with Crippen LogP contribution >= 0.6 is 24.0 Å². The molecule has 23 heavy (non-hydrogen) atoms. The van der Waals surface area contributed by atoms with Gasteiger partial charge in [-0.1, -0.05) is 41.9 Å². The van der Waals surface area contributed by atoms with Crippen molar-refractivity contribution < 1.29 is 9.53 Å². The summed E-state index contributed by atoms with van der Waals surface area (Å²) in [6.45, 7) is 0.241. The first kappa shape index (κ1) is 19.3. The van der Waals surface area contributed by atoms with Crippen LogP contribution in [0.4, 0.5) is 0 Å². The van der Waals surface area contributed by atoms with E-state index in [2.05, 4.69) is 10.6 Å². The molecule has 1 unspecified atom stereocenters. The Hall–Kier alpha value is -1.75. The van der Waals surface area contributed by atoms with Crippen molar-refractivity contribution in [1.82, 2.24) is 10.6 Å². The summed E-state index contributed by atoms with van der Waals surface area (Å²) in [7, 11) is 3.35.